The zero-order valence-corrected chi connectivity index (χ0v) is 33.8. The number of halogens is 4. The number of nitrogens with zero attached hydrogens (tertiary/aromatic N) is 4. The number of anilines is 2. The molecule has 0 unspecified atom stereocenters. The lowest BCUT2D eigenvalue weighted by Gasteiger charge is -2.39. The van der Waals surface area contributed by atoms with E-state index in [0.29, 0.717) is 40.1 Å². The van der Waals surface area contributed by atoms with Gasteiger partial charge in [0.25, 0.3) is 0 Å². The van der Waals surface area contributed by atoms with Gasteiger partial charge in [-0.1, -0.05) is 59.6 Å². The van der Waals surface area contributed by atoms with Crippen molar-refractivity contribution in [1.29, 1.82) is 0 Å². The molecule has 0 aliphatic carbocycles. The van der Waals surface area contributed by atoms with Crippen LogP contribution < -0.4 is 11.1 Å². The molecule has 3 N–H and O–H groups in total. The summed E-state index contributed by atoms with van der Waals surface area (Å²) < 4.78 is 26.1. The first-order chi connectivity index (χ1) is 27.2. The summed E-state index contributed by atoms with van der Waals surface area (Å²) in [5.41, 5.74) is 10.6. The van der Waals surface area contributed by atoms with Crippen LogP contribution >= 0.6 is 23.2 Å². The van der Waals surface area contributed by atoms with Crippen molar-refractivity contribution in [2.24, 2.45) is 0 Å². The maximum Gasteiger partial charge on any atom is 0.246 e. The minimum atomic E-state index is -0.239. The molecule has 13 heteroatoms. The van der Waals surface area contributed by atoms with Gasteiger partial charge in [-0.2, -0.15) is 0 Å². The van der Waals surface area contributed by atoms with Crippen LogP contribution in [0.15, 0.2) is 97.1 Å². The summed E-state index contributed by atoms with van der Waals surface area (Å²) >= 11 is 11.9. The zero-order valence-electron chi connectivity index (χ0n) is 32.3. The van der Waals surface area contributed by atoms with Gasteiger partial charge >= 0.3 is 0 Å². The molecule has 4 aromatic carbocycles. The van der Waals surface area contributed by atoms with E-state index >= 15 is 0 Å². The van der Waals surface area contributed by atoms with E-state index in [9.17, 15) is 23.2 Å². The predicted octanol–water partition coefficient (Wildman–Crippen LogP) is 7.99. The Kier molecular flexibility index (Phi) is 15.4. The van der Waals surface area contributed by atoms with E-state index in [1.54, 1.807) is 78.9 Å². The second kappa shape index (κ2) is 20.4. The highest BCUT2D eigenvalue weighted by Crippen LogP contribution is 2.24. The molecule has 2 aliphatic heterocycles. The van der Waals surface area contributed by atoms with Gasteiger partial charge in [0, 0.05) is 105 Å². The van der Waals surface area contributed by atoms with Crippen molar-refractivity contribution < 1.29 is 23.2 Å². The topological polar surface area (TPSA) is 102 Å². The first kappa shape index (κ1) is 43.1. The number of carbonyl (C=O) groups excluding carboxylic acids is 3. The highest BCUT2D eigenvalue weighted by atomic mass is 35.5. The molecule has 2 aliphatic rings. The normalized spacial score (nSPS) is 17.7. The Balaban J connectivity index is 0.000000219. The van der Waals surface area contributed by atoms with E-state index in [2.05, 4.69) is 15.1 Å². The fraction of sp³-hybridized carbons (Fsp3) is 0.295. The van der Waals surface area contributed by atoms with Gasteiger partial charge in [0.1, 0.15) is 11.6 Å². The van der Waals surface area contributed by atoms with Gasteiger partial charge in [-0.15, -0.1) is 0 Å². The number of nitrogens with two attached hydrogens (primary N) is 1. The molecule has 300 valence electrons. The third kappa shape index (κ3) is 13.0. The Morgan fingerprint density at radius 2 is 1.12 bits per heavy atom. The number of carbonyl (C=O) groups is 3. The van der Waals surface area contributed by atoms with Crippen molar-refractivity contribution in [3.8, 4) is 0 Å². The van der Waals surface area contributed by atoms with Crippen LogP contribution in [0, 0.1) is 11.6 Å². The first-order valence-corrected chi connectivity index (χ1v) is 19.5. The molecule has 0 spiro atoms. The van der Waals surface area contributed by atoms with Gasteiger partial charge in [-0.25, -0.2) is 8.78 Å². The molecule has 0 bridgehead atoms. The summed E-state index contributed by atoms with van der Waals surface area (Å²) in [4.78, 5) is 45.0. The molecule has 0 saturated carbocycles. The Labute approximate surface area is 343 Å². The SMILES string of the molecule is CC(=O)Nc1cc(Cl)ccc1/C=C/C(=O)N1CCN(Cc2ccc(F)cc2)C[C@H]1C.C[C@@H]1CN(Cc2ccc(F)cc2)CCN1C(=O)/C=C/c1ccc(Cl)cc1N. The predicted molar refractivity (Wildman–Crippen MR) is 225 cm³/mol. The second-order valence-corrected chi connectivity index (χ2v) is 15.2. The van der Waals surface area contributed by atoms with Crippen LogP contribution in [-0.2, 0) is 27.5 Å². The van der Waals surface area contributed by atoms with Gasteiger partial charge in [-0.05, 0) is 96.8 Å². The summed E-state index contributed by atoms with van der Waals surface area (Å²) in [6.45, 7) is 11.3. The molecule has 9 nitrogen and oxygen atoms in total. The van der Waals surface area contributed by atoms with Crippen LogP contribution in [0.3, 0.4) is 0 Å². The number of benzene rings is 4. The highest BCUT2D eigenvalue weighted by molar-refractivity contribution is 6.31. The number of rotatable bonds is 9. The fourth-order valence-corrected chi connectivity index (χ4v) is 7.24. The smallest absolute Gasteiger partial charge is 0.246 e. The van der Waals surface area contributed by atoms with Gasteiger partial charge in [0.15, 0.2) is 0 Å². The van der Waals surface area contributed by atoms with Crippen molar-refractivity contribution in [2.45, 2.75) is 45.9 Å². The summed E-state index contributed by atoms with van der Waals surface area (Å²) in [6, 6.07) is 23.6. The summed E-state index contributed by atoms with van der Waals surface area (Å²) in [5.74, 6) is -0.776. The molecular weight excluding hydrogens is 769 g/mol. The summed E-state index contributed by atoms with van der Waals surface area (Å²) in [7, 11) is 0. The van der Waals surface area contributed by atoms with Gasteiger partial charge in [0.2, 0.25) is 17.7 Å². The Morgan fingerprint density at radius 1 is 0.684 bits per heavy atom. The van der Waals surface area contributed by atoms with Gasteiger partial charge in [0.05, 0.1) is 0 Å². The molecule has 4 aromatic rings. The van der Waals surface area contributed by atoms with E-state index in [-0.39, 0.29) is 41.4 Å². The third-order valence-corrected chi connectivity index (χ3v) is 10.3. The van der Waals surface area contributed by atoms with Crippen LogP contribution in [0.2, 0.25) is 10.0 Å². The molecule has 2 fully saturated rings. The number of piperazine rings is 2. The van der Waals surface area contributed by atoms with Crippen LogP contribution in [0.1, 0.15) is 43.0 Å². The number of nitrogen functional groups attached to an aromatic ring is 1. The molecular formula is C44H48Cl2F2N6O3. The zero-order chi connectivity index (χ0) is 41.1. The van der Waals surface area contributed by atoms with Gasteiger partial charge < -0.3 is 20.9 Å². The van der Waals surface area contributed by atoms with Crippen molar-refractivity contribution >= 4 is 64.5 Å². The summed E-state index contributed by atoms with van der Waals surface area (Å²) in [5, 5.41) is 3.81. The minimum absolute atomic E-state index is 0.0294. The molecule has 2 saturated heterocycles. The highest BCUT2D eigenvalue weighted by Gasteiger charge is 2.27. The van der Waals surface area contributed by atoms with Crippen LogP contribution in [0.4, 0.5) is 20.2 Å². The minimum Gasteiger partial charge on any atom is -0.398 e. The van der Waals surface area contributed by atoms with Crippen LogP contribution in [-0.4, -0.2) is 88.7 Å². The third-order valence-electron chi connectivity index (χ3n) is 9.81. The molecule has 57 heavy (non-hydrogen) atoms. The van der Waals surface area contributed by atoms with Crippen LogP contribution in [0.5, 0.6) is 0 Å². The Morgan fingerprint density at radius 3 is 1.56 bits per heavy atom. The standard InChI is InChI=1S/C23H25ClFN3O2.C21H23ClFN3O/c1-16-14-27(15-18-3-8-21(25)9-4-18)11-12-28(16)23(30)10-6-19-5-7-20(24)13-22(19)26-17(2)29;1-15-13-25(14-16-2-7-19(23)8-3-16)10-11-26(15)21(27)9-5-17-4-6-18(22)12-20(17)24/h3-10,13,16H,11-12,14-15H2,1-2H3,(H,26,29);2-9,12,15H,10-11,13-14,24H2,1H3/b10-6+;9-5+/t16-;15-/m11/s1. The Hall–Kier alpha value is -5.07. The maximum absolute atomic E-state index is 13.1. The average Bonchev–Trinajstić information content (AvgIpc) is 3.16. The van der Waals surface area contributed by atoms with Crippen LogP contribution in [0.25, 0.3) is 12.2 Å². The molecule has 6 rings (SSSR count). The number of hydrogen-bond donors (Lipinski definition) is 2. The monoisotopic (exact) mass is 816 g/mol. The van der Waals surface area contributed by atoms with Crippen molar-refractivity contribution in [1.82, 2.24) is 19.6 Å². The van der Waals surface area contributed by atoms with E-state index < -0.39 is 0 Å². The number of hydrogen-bond acceptors (Lipinski definition) is 6. The summed E-state index contributed by atoms with van der Waals surface area (Å²) in [6.07, 6.45) is 6.51. The van der Waals surface area contributed by atoms with Gasteiger partial charge in [-0.3, -0.25) is 24.2 Å². The van der Waals surface area contributed by atoms with E-state index in [0.717, 1.165) is 56.0 Å². The average molecular weight is 818 g/mol. The largest absolute Gasteiger partial charge is 0.398 e. The second-order valence-electron chi connectivity index (χ2n) is 14.3. The molecule has 0 radical (unpaired) electrons. The lowest BCUT2D eigenvalue weighted by atomic mass is 10.1. The first-order valence-electron chi connectivity index (χ1n) is 18.8. The Bertz CT molecular complexity index is 2080. The molecule has 0 aromatic heterocycles. The quantitative estimate of drug-likeness (QED) is 0.131. The van der Waals surface area contributed by atoms with E-state index in [1.807, 2.05) is 23.6 Å². The lowest BCUT2D eigenvalue weighted by Crippen LogP contribution is -2.53. The lowest BCUT2D eigenvalue weighted by molar-refractivity contribution is -0.131. The van der Waals surface area contributed by atoms with Crippen molar-refractivity contribution in [2.75, 3.05) is 50.3 Å². The molecule has 2 heterocycles. The molecule has 3 amide bonds. The maximum atomic E-state index is 13.1. The fourth-order valence-electron chi connectivity index (χ4n) is 6.89. The van der Waals surface area contributed by atoms with E-state index in [1.165, 1.54) is 37.3 Å². The number of nitrogens with one attached hydrogen (secondary N) is 1. The van der Waals surface area contributed by atoms with Crippen molar-refractivity contribution in [3.05, 3.63) is 141 Å². The van der Waals surface area contributed by atoms with E-state index in [4.69, 9.17) is 28.9 Å². The van der Waals surface area contributed by atoms with Crippen molar-refractivity contribution in [3.63, 3.8) is 0 Å². The number of amides is 3. The molecule has 2 atom stereocenters.